The average Bonchev–Trinajstić information content (AvgIpc) is 3.68. The molecule has 1 aromatic heterocycles. The zero-order valence-corrected chi connectivity index (χ0v) is 30.4. The molecule has 53 heavy (non-hydrogen) atoms. The molecule has 2 aliphatic rings. The number of hydrogen-bond donors (Lipinski definition) is 1. The first kappa shape index (κ1) is 32.0. The van der Waals surface area contributed by atoms with Crippen molar-refractivity contribution in [3.8, 4) is 39.1 Å². The van der Waals surface area contributed by atoms with E-state index in [4.69, 9.17) is 4.65 Å². The molecule has 10 rings (SSSR count). The predicted octanol–water partition coefficient (Wildman–Crippen LogP) is 10.6. The van der Waals surface area contributed by atoms with Crippen molar-refractivity contribution < 1.29 is 9.76 Å². The number of fused-ring (bicyclic) bond motifs is 12. The molecule has 1 aliphatic heterocycles. The molecule has 1 spiro atoms. The summed E-state index contributed by atoms with van der Waals surface area (Å²) in [6, 6.07) is 57.7. The SMILES string of the molecule is CC(C)(O)C(C)(C)O[B]c1cccc2c1-c1cc(-c3ccc(-c4ccccc4)cc3)ccc1C21c2ccccc2-n2c3ccccc3c3cccc1c32. The summed E-state index contributed by atoms with van der Waals surface area (Å²) in [6.45, 7) is 7.48. The minimum atomic E-state index is -1.05. The van der Waals surface area contributed by atoms with Crippen LogP contribution in [0.3, 0.4) is 0 Å². The van der Waals surface area contributed by atoms with Crippen LogP contribution in [0.2, 0.25) is 0 Å². The molecule has 0 amide bonds. The molecule has 8 aromatic rings. The Labute approximate surface area is 311 Å². The molecule has 1 unspecified atom stereocenters. The second-order valence-electron chi connectivity index (χ2n) is 15.6. The Bertz CT molecular complexity index is 2740. The van der Waals surface area contributed by atoms with Crippen molar-refractivity contribution in [3.63, 3.8) is 0 Å². The van der Waals surface area contributed by atoms with Crippen LogP contribution in [-0.4, -0.2) is 28.4 Å². The Hall–Kier alpha value is -5.68. The van der Waals surface area contributed by atoms with Crippen LogP contribution in [0.5, 0.6) is 0 Å². The molecule has 2 heterocycles. The lowest BCUT2D eigenvalue weighted by atomic mass is 9.65. The summed E-state index contributed by atoms with van der Waals surface area (Å²) in [4.78, 5) is 0. The smallest absolute Gasteiger partial charge is 0.331 e. The van der Waals surface area contributed by atoms with Crippen molar-refractivity contribution in [2.45, 2.75) is 44.3 Å². The summed E-state index contributed by atoms with van der Waals surface area (Å²) >= 11 is 0. The van der Waals surface area contributed by atoms with E-state index in [1.807, 2.05) is 21.3 Å². The summed E-state index contributed by atoms with van der Waals surface area (Å²) < 4.78 is 8.99. The molecule has 7 aromatic carbocycles. The van der Waals surface area contributed by atoms with Gasteiger partial charge in [-0.15, -0.1) is 0 Å². The van der Waals surface area contributed by atoms with Crippen LogP contribution in [0.25, 0.3) is 60.9 Å². The molecule has 0 saturated heterocycles. The van der Waals surface area contributed by atoms with Crippen molar-refractivity contribution in [3.05, 3.63) is 180 Å². The minimum Gasteiger partial charge on any atom is -0.427 e. The van der Waals surface area contributed by atoms with Gasteiger partial charge in [-0.1, -0.05) is 140 Å². The molecule has 0 fully saturated rings. The van der Waals surface area contributed by atoms with Crippen molar-refractivity contribution in [1.29, 1.82) is 0 Å². The largest absolute Gasteiger partial charge is 0.427 e. The van der Waals surface area contributed by atoms with Crippen LogP contribution in [0, 0.1) is 0 Å². The monoisotopic (exact) mass is 684 g/mol. The molecule has 1 aliphatic carbocycles. The fraction of sp³-hybridized carbons (Fsp3) is 0.143. The van der Waals surface area contributed by atoms with Gasteiger partial charge in [-0.2, -0.15) is 0 Å². The summed E-state index contributed by atoms with van der Waals surface area (Å²) in [7, 11) is 1.87. The van der Waals surface area contributed by atoms with Crippen LogP contribution < -0.4 is 5.46 Å². The highest BCUT2D eigenvalue weighted by atomic mass is 16.5. The Balaban J connectivity index is 1.25. The first-order chi connectivity index (χ1) is 25.7. The molecule has 4 heteroatoms. The van der Waals surface area contributed by atoms with E-state index in [1.54, 1.807) is 13.8 Å². The minimum absolute atomic E-state index is 0.573. The highest BCUT2D eigenvalue weighted by molar-refractivity contribution is 6.50. The lowest BCUT2D eigenvalue weighted by Gasteiger charge is -2.39. The van der Waals surface area contributed by atoms with E-state index in [0.29, 0.717) is 0 Å². The Morgan fingerprint density at radius 3 is 1.94 bits per heavy atom. The van der Waals surface area contributed by atoms with Crippen LogP contribution in [0.1, 0.15) is 49.9 Å². The zero-order chi connectivity index (χ0) is 36.1. The molecule has 1 radical (unpaired) electrons. The van der Waals surface area contributed by atoms with Gasteiger partial charge in [0.2, 0.25) is 0 Å². The van der Waals surface area contributed by atoms with E-state index in [-0.39, 0.29) is 0 Å². The molecular formula is C49H39BNO2. The molecule has 0 saturated carbocycles. The van der Waals surface area contributed by atoms with E-state index in [9.17, 15) is 5.11 Å². The highest BCUT2D eigenvalue weighted by Gasteiger charge is 2.51. The fourth-order valence-corrected chi connectivity index (χ4v) is 8.81. The number of para-hydroxylation sites is 3. The van der Waals surface area contributed by atoms with Crippen molar-refractivity contribution in [2.24, 2.45) is 0 Å². The second kappa shape index (κ2) is 11.4. The van der Waals surface area contributed by atoms with Gasteiger partial charge in [-0.3, -0.25) is 0 Å². The van der Waals surface area contributed by atoms with Crippen molar-refractivity contribution >= 4 is 34.8 Å². The zero-order valence-electron chi connectivity index (χ0n) is 30.4. The molecule has 3 nitrogen and oxygen atoms in total. The van der Waals surface area contributed by atoms with E-state index in [2.05, 4.69) is 162 Å². The van der Waals surface area contributed by atoms with Gasteiger partial charge < -0.3 is 14.3 Å². The quantitative estimate of drug-likeness (QED) is 0.177. The average molecular weight is 685 g/mol. The molecule has 0 bridgehead atoms. The lowest BCUT2D eigenvalue weighted by molar-refractivity contribution is -0.0893. The van der Waals surface area contributed by atoms with Crippen LogP contribution in [-0.2, 0) is 10.1 Å². The Morgan fingerprint density at radius 2 is 1.15 bits per heavy atom. The Kier molecular flexibility index (Phi) is 6.89. The molecule has 255 valence electrons. The first-order valence-corrected chi connectivity index (χ1v) is 18.5. The van der Waals surface area contributed by atoms with E-state index in [1.165, 1.54) is 72.0 Å². The van der Waals surface area contributed by atoms with E-state index >= 15 is 0 Å². The lowest BCUT2D eigenvalue weighted by Crippen LogP contribution is -2.49. The summed E-state index contributed by atoms with van der Waals surface area (Å²) in [6.07, 6.45) is 0. The van der Waals surface area contributed by atoms with Crippen LogP contribution >= 0.6 is 0 Å². The normalized spacial score (nSPS) is 15.8. The maximum atomic E-state index is 11.0. The standard InChI is InChI=1S/C49H39BNO2/c1-47(2,52)48(3,4)53-50-42-21-13-19-40-45(42)37-30-34(33-26-24-32(25-27-33)31-14-6-5-7-15-31)28-29-38(37)49(40)39-18-9-11-23-44(39)51-43-22-10-8-16-35(43)36-17-12-20-41(49)46(36)51/h5-30,52H,1-4H3. The van der Waals surface area contributed by atoms with Crippen molar-refractivity contribution in [1.82, 2.24) is 4.57 Å². The highest BCUT2D eigenvalue weighted by Crippen LogP contribution is 2.61. The van der Waals surface area contributed by atoms with Gasteiger partial charge in [0.25, 0.3) is 0 Å². The van der Waals surface area contributed by atoms with Gasteiger partial charge in [0.05, 0.1) is 33.3 Å². The summed E-state index contributed by atoms with van der Waals surface area (Å²) in [5, 5.41) is 13.5. The number of aliphatic hydroxyl groups is 1. The topological polar surface area (TPSA) is 34.4 Å². The first-order valence-electron chi connectivity index (χ1n) is 18.5. The number of hydrogen-bond acceptors (Lipinski definition) is 2. The van der Waals surface area contributed by atoms with Gasteiger partial charge in [0.15, 0.2) is 0 Å². The molecular weight excluding hydrogens is 645 g/mol. The maximum Gasteiger partial charge on any atom is 0.331 e. The molecule has 1 N–H and O–H groups in total. The van der Waals surface area contributed by atoms with Gasteiger partial charge in [0.1, 0.15) is 0 Å². The van der Waals surface area contributed by atoms with Gasteiger partial charge in [0, 0.05) is 10.8 Å². The molecule has 1 atom stereocenters. The number of benzene rings is 7. The van der Waals surface area contributed by atoms with Crippen LogP contribution in [0.4, 0.5) is 0 Å². The Morgan fingerprint density at radius 1 is 0.547 bits per heavy atom. The van der Waals surface area contributed by atoms with E-state index in [0.717, 1.165) is 16.6 Å². The van der Waals surface area contributed by atoms with Crippen molar-refractivity contribution in [2.75, 3.05) is 0 Å². The number of rotatable bonds is 6. The number of aromatic nitrogens is 1. The van der Waals surface area contributed by atoms with Crippen LogP contribution in [0.15, 0.2) is 158 Å². The third-order valence-corrected chi connectivity index (χ3v) is 12.1. The van der Waals surface area contributed by atoms with Gasteiger partial charge in [-0.25, -0.2) is 0 Å². The predicted molar refractivity (Wildman–Crippen MR) is 219 cm³/mol. The van der Waals surface area contributed by atoms with Gasteiger partial charge in [-0.05, 0) is 107 Å². The van der Waals surface area contributed by atoms with E-state index < -0.39 is 16.6 Å². The fourth-order valence-electron chi connectivity index (χ4n) is 8.81. The summed E-state index contributed by atoms with van der Waals surface area (Å²) in [5.74, 6) is 0. The maximum absolute atomic E-state index is 11.0. The van der Waals surface area contributed by atoms with Gasteiger partial charge >= 0.3 is 7.48 Å². The number of nitrogens with zero attached hydrogens (tertiary/aromatic N) is 1. The summed E-state index contributed by atoms with van der Waals surface area (Å²) in [5.41, 5.74) is 14.3. The third-order valence-electron chi connectivity index (χ3n) is 12.1. The third kappa shape index (κ3) is 4.49. The second-order valence-corrected chi connectivity index (χ2v) is 15.6.